The molecule has 0 aliphatic heterocycles. The Balaban J connectivity index is 0. The Morgan fingerprint density at radius 1 is 0.571 bits per heavy atom. The van der Waals surface area contributed by atoms with Crippen molar-refractivity contribution >= 4 is 23.8 Å². The van der Waals surface area contributed by atoms with Crippen molar-refractivity contribution in [1.29, 1.82) is 0 Å². The second-order valence-electron chi connectivity index (χ2n) is 6.67. The van der Waals surface area contributed by atoms with E-state index in [9.17, 15) is 19.2 Å². The summed E-state index contributed by atoms with van der Waals surface area (Å²) in [6.45, 7) is 3.74. The van der Waals surface area contributed by atoms with Crippen LogP contribution in [0.1, 0.15) is 90.9 Å². The highest BCUT2D eigenvalue weighted by Gasteiger charge is 2.03. The highest BCUT2D eigenvalue weighted by atomic mass is 16.4. The smallest absolute Gasteiger partial charge is 0.322 e. The second kappa shape index (κ2) is 21.2. The summed E-state index contributed by atoms with van der Waals surface area (Å²) in [4.78, 5) is 42.2. The van der Waals surface area contributed by atoms with E-state index in [0.717, 1.165) is 38.5 Å². The molecular formula is C20H38N2O6. The van der Waals surface area contributed by atoms with Gasteiger partial charge in [0.2, 0.25) is 11.8 Å². The quantitative estimate of drug-likeness (QED) is 0.293. The van der Waals surface area contributed by atoms with Crippen molar-refractivity contribution in [3.05, 3.63) is 0 Å². The van der Waals surface area contributed by atoms with Crippen molar-refractivity contribution in [1.82, 2.24) is 10.6 Å². The lowest BCUT2D eigenvalue weighted by atomic mass is 10.1. The van der Waals surface area contributed by atoms with Gasteiger partial charge < -0.3 is 20.8 Å². The first-order chi connectivity index (χ1) is 13.3. The lowest BCUT2D eigenvalue weighted by molar-refractivity contribution is -0.138. The molecule has 0 aliphatic rings. The van der Waals surface area contributed by atoms with E-state index in [1.165, 1.54) is 25.7 Å². The number of nitrogens with one attached hydrogen (secondary N) is 2. The van der Waals surface area contributed by atoms with Crippen LogP contribution in [0.3, 0.4) is 0 Å². The van der Waals surface area contributed by atoms with Crippen molar-refractivity contribution in [2.24, 2.45) is 0 Å². The Labute approximate surface area is 168 Å². The highest BCUT2D eigenvalue weighted by Crippen LogP contribution is 2.05. The van der Waals surface area contributed by atoms with E-state index in [-0.39, 0.29) is 24.9 Å². The van der Waals surface area contributed by atoms with Crippen molar-refractivity contribution < 1.29 is 29.4 Å². The van der Waals surface area contributed by atoms with E-state index in [0.29, 0.717) is 12.8 Å². The topological polar surface area (TPSA) is 133 Å². The molecule has 164 valence electrons. The third kappa shape index (κ3) is 26.1. The molecule has 0 unspecified atom stereocenters. The Morgan fingerprint density at radius 2 is 0.893 bits per heavy atom. The maximum atomic E-state index is 11.0. The van der Waals surface area contributed by atoms with E-state index >= 15 is 0 Å². The number of carboxylic acids is 2. The number of aliphatic carboxylic acids is 2. The first kappa shape index (κ1) is 28.1. The Morgan fingerprint density at radius 3 is 1.18 bits per heavy atom. The lowest BCUT2D eigenvalue weighted by Gasteiger charge is -2.01. The number of rotatable bonds is 16. The van der Waals surface area contributed by atoms with Gasteiger partial charge in [0.25, 0.3) is 0 Å². The van der Waals surface area contributed by atoms with Crippen LogP contribution in [-0.2, 0) is 19.2 Å². The van der Waals surface area contributed by atoms with E-state index in [2.05, 4.69) is 24.5 Å². The first-order valence-electron chi connectivity index (χ1n) is 10.3. The SMILES string of the molecule is CCCCCCCC(=O)NCC(=O)O.CCCCCCCC(=O)NCC(=O)O. The van der Waals surface area contributed by atoms with Gasteiger partial charge in [-0.3, -0.25) is 19.2 Å². The molecule has 0 fully saturated rings. The molecule has 8 heteroatoms. The zero-order chi connectivity index (χ0) is 21.6. The fraction of sp³-hybridized carbons (Fsp3) is 0.800. The molecule has 0 saturated carbocycles. The number of amides is 2. The molecule has 0 aliphatic carbocycles. The summed E-state index contributed by atoms with van der Waals surface area (Å²) < 4.78 is 0. The lowest BCUT2D eigenvalue weighted by Crippen LogP contribution is -2.28. The summed E-state index contributed by atoms with van der Waals surface area (Å²) in [6, 6.07) is 0. The van der Waals surface area contributed by atoms with E-state index < -0.39 is 11.9 Å². The van der Waals surface area contributed by atoms with E-state index in [4.69, 9.17) is 10.2 Å². The number of hydrogen-bond donors (Lipinski definition) is 4. The summed E-state index contributed by atoms with van der Waals surface area (Å²) in [5, 5.41) is 21.2. The predicted octanol–water partition coefficient (Wildman–Crippen LogP) is 3.10. The standard InChI is InChI=1S/2C10H19NO3/c2*1-2-3-4-5-6-7-9(12)11-8-10(13)14/h2*2-8H2,1H3,(H,11,12)(H,13,14). The maximum Gasteiger partial charge on any atom is 0.322 e. The van der Waals surface area contributed by atoms with Gasteiger partial charge in [-0.1, -0.05) is 65.2 Å². The minimum atomic E-state index is -0.996. The minimum absolute atomic E-state index is 0.163. The molecule has 2 amide bonds. The number of hydrogen-bond acceptors (Lipinski definition) is 4. The van der Waals surface area contributed by atoms with Gasteiger partial charge in [-0.15, -0.1) is 0 Å². The molecule has 0 bridgehead atoms. The largest absolute Gasteiger partial charge is 0.480 e. The van der Waals surface area contributed by atoms with Crippen LogP contribution in [0, 0.1) is 0 Å². The van der Waals surface area contributed by atoms with Crippen LogP contribution >= 0.6 is 0 Å². The van der Waals surface area contributed by atoms with Gasteiger partial charge in [0.1, 0.15) is 13.1 Å². The van der Waals surface area contributed by atoms with Crippen LogP contribution in [-0.4, -0.2) is 47.1 Å². The summed E-state index contributed by atoms with van der Waals surface area (Å²) in [6.07, 6.45) is 11.8. The molecule has 0 rings (SSSR count). The number of carboxylic acid groups (broad SMARTS) is 2. The zero-order valence-corrected chi connectivity index (χ0v) is 17.4. The Bertz CT molecular complexity index is 400. The van der Waals surface area contributed by atoms with Gasteiger partial charge in [-0.25, -0.2) is 0 Å². The monoisotopic (exact) mass is 402 g/mol. The molecule has 4 N–H and O–H groups in total. The summed E-state index contributed by atoms with van der Waals surface area (Å²) >= 11 is 0. The number of carbonyl (C=O) groups excluding carboxylic acids is 2. The van der Waals surface area contributed by atoms with Crippen LogP contribution in [0.4, 0.5) is 0 Å². The molecular weight excluding hydrogens is 364 g/mol. The number of unbranched alkanes of at least 4 members (excludes halogenated alkanes) is 8. The van der Waals surface area contributed by atoms with Gasteiger partial charge in [0.05, 0.1) is 0 Å². The van der Waals surface area contributed by atoms with Gasteiger partial charge in [0.15, 0.2) is 0 Å². The van der Waals surface area contributed by atoms with Gasteiger partial charge >= 0.3 is 11.9 Å². The molecule has 0 aromatic heterocycles. The van der Waals surface area contributed by atoms with Crippen molar-refractivity contribution in [2.75, 3.05) is 13.1 Å². The van der Waals surface area contributed by atoms with Crippen LogP contribution in [0.25, 0.3) is 0 Å². The molecule has 0 aromatic carbocycles. The maximum absolute atomic E-state index is 11.0. The minimum Gasteiger partial charge on any atom is -0.480 e. The van der Waals surface area contributed by atoms with Crippen molar-refractivity contribution in [3.63, 3.8) is 0 Å². The Kier molecular flexibility index (Phi) is 21.3. The summed E-state index contributed by atoms with van der Waals surface area (Å²) in [7, 11) is 0. The molecule has 0 atom stereocenters. The number of carbonyl (C=O) groups is 4. The summed E-state index contributed by atoms with van der Waals surface area (Å²) in [5.41, 5.74) is 0. The normalized spacial score (nSPS) is 9.79. The molecule has 28 heavy (non-hydrogen) atoms. The molecule has 0 saturated heterocycles. The predicted molar refractivity (Wildman–Crippen MR) is 108 cm³/mol. The van der Waals surface area contributed by atoms with Crippen LogP contribution in [0.15, 0.2) is 0 Å². The van der Waals surface area contributed by atoms with Gasteiger partial charge in [0, 0.05) is 12.8 Å². The molecule has 0 radical (unpaired) electrons. The fourth-order valence-corrected chi connectivity index (χ4v) is 2.30. The third-order valence-electron chi connectivity index (χ3n) is 3.89. The van der Waals surface area contributed by atoms with Gasteiger partial charge in [-0.2, -0.15) is 0 Å². The zero-order valence-electron chi connectivity index (χ0n) is 17.4. The molecule has 0 spiro atoms. The highest BCUT2D eigenvalue weighted by molar-refractivity contribution is 5.81. The average molecular weight is 403 g/mol. The third-order valence-corrected chi connectivity index (χ3v) is 3.89. The molecule has 8 nitrogen and oxygen atoms in total. The van der Waals surface area contributed by atoms with E-state index in [1.807, 2.05) is 0 Å². The first-order valence-corrected chi connectivity index (χ1v) is 10.3. The van der Waals surface area contributed by atoms with Gasteiger partial charge in [-0.05, 0) is 12.8 Å². The van der Waals surface area contributed by atoms with Crippen molar-refractivity contribution in [2.45, 2.75) is 90.9 Å². The van der Waals surface area contributed by atoms with Crippen LogP contribution in [0.2, 0.25) is 0 Å². The van der Waals surface area contributed by atoms with E-state index in [1.54, 1.807) is 0 Å². The van der Waals surface area contributed by atoms with Crippen LogP contribution < -0.4 is 10.6 Å². The van der Waals surface area contributed by atoms with Crippen LogP contribution in [0.5, 0.6) is 0 Å². The summed E-state index contributed by atoms with van der Waals surface area (Å²) in [5.74, 6) is -2.32. The second-order valence-corrected chi connectivity index (χ2v) is 6.67. The average Bonchev–Trinajstić information content (AvgIpc) is 2.65. The fourth-order valence-electron chi connectivity index (χ4n) is 2.30. The van der Waals surface area contributed by atoms with Crippen molar-refractivity contribution in [3.8, 4) is 0 Å². The Hall–Kier alpha value is -2.12. The molecule has 0 heterocycles. The molecule has 0 aromatic rings.